The van der Waals surface area contributed by atoms with Crippen LogP contribution in [0.5, 0.6) is 0 Å². The van der Waals surface area contributed by atoms with Gasteiger partial charge >= 0.3 is 0 Å². The van der Waals surface area contributed by atoms with E-state index in [-0.39, 0.29) is 0 Å². The van der Waals surface area contributed by atoms with E-state index in [0.29, 0.717) is 5.04 Å². The summed E-state index contributed by atoms with van der Waals surface area (Å²) in [4.78, 5) is 0. The lowest BCUT2D eigenvalue weighted by Gasteiger charge is -2.44. The number of unbranched alkanes of at least 4 members (excludes halogenated alkanes) is 2. The molecule has 0 spiro atoms. The summed E-state index contributed by atoms with van der Waals surface area (Å²) in [6.45, 7) is 11.6. The molecule has 0 aliphatic carbocycles. The van der Waals surface area contributed by atoms with Gasteiger partial charge in [0.2, 0.25) is 0 Å². The highest BCUT2D eigenvalue weighted by Crippen LogP contribution is 2.49. The Labute approximate surface area is 104 Å². The first-order valence-corrected chi connectivity index (χ1v) is 10.3. The van der Waals surface area contributed by atoms with Crippen molar-refractivity contribution < 1.29 is 0 Å². The highest BCUT2D eigenvalue weighted by molar-refractivity contribution is 6.77. The summed E-state index contributed by atoms with van der Waals surface area (Å²) in [5.74, 6) is 0. The smallest absolute Gasteiger partial charge is 0.123 e. The van der Waals surface area contributed by atoms with Crippen LogP contribution in [0.1, 0.15) is 72.1 Å². The van der Waals surface area contributed by atoms with Crippen LogP contribution in [0, 0.1) is 0 Å². The van der Waals surface area contributed by atoms with Crippen LogP contribution in [-0.4, -0.2) is 8.24 Å². The van der Waals surface area contributed by atoms with E-state index in [4.69, 9.17) is 5.40 Å². The summed E-state index contributed by atoms with van der Waals surface area (Å²) in [7, 11) is -1.53. The first kappa shape index (κ1) is 16.2. The molecule has 0 aromatic heterocycles. The third-order valence-electron chi connectivity index (χ3n) is 4.11. The lowest BCUT2D eigenvalue weighted by Crippen LogP contribution is -2.51. The van der Waals surface area contributed by atoms with Crippen LogP contribution < -0.4 is 5.40 Å². The summed E-state index contributed by atoms with van der Waals surface area (Å²) in [5.41, 5.74) is 0. The Morgan fingerprint density at radius 3 is 1.50 bits per heavy atom. The van der Waals surface area contributed by atoms with Crippen LogP contribution in [0.3, 0.4) is 0 Å². The van der Waals surface area contributed by atoms with Crippen LogP contribution in [-0.2, 0) is 0 Å². The summed E-state index contributed by atoms with van der Waals surface area (Å²) >= 11 is 0. The van der Waals surface area contributed by atoms with Gasteiger partial charge in [-0.25, -0.2) is 0 Å². The van der Waals surface area contributed by atoms with Gasteiger partial charge in [0.15, 0.2) is 0 Å². The summed E-state index contributed by atoms with van der Waals surface area (Å²) < 4.78 is 0. The first-order chi connectivity index (χ1) is 7.43. The van der Waals surface area contributed by atoms with Crippen LogP contribution in [0.25, 0.3) is 0 Å². The molecule has 0 radical (unpaired) electrons. The number of nitrogens with two attached hydrogens (primary N) is 1. The Kier molecular flexibility index (Phi) is 7.58. The molecule has 16 heavy (non-hydrogen) atoms. The zero-order valence-corrected chi connectivity index (χ0v) is 13.2. The number of rotatable bonds is 9. The van der Waals surface area contributed by atoms with Crippen molar-refractivity contribution in [2.75, 3.05) is 0 Å². The zero-order chi connectivity index (χ0) is 12.7. The molecule has 0 saturated carbocycles. The molecule has 0 aliphatic rings. The molecule has 0 atom stereocenters. The van der Waals surface area contributed by atoms with Crippen molar-refractivity contribution in [3.8, 4) is 0 Å². The maximum Gasteiger partial charge on any atom is 0.123 e. The van der Waals surface area contributed by atoms with Crippen LogP contribution in [0.4, 0.5) is 0 Å². The van der Waals surface area contributed by atoms with Gasteiger partial charge in [-0.05, 0) is 24.3 Å². The van der Waals surface area contributed by atoms with Gasteiger partial charge in [-0.1, -0.05) is 66.0 Å². The Bertz CT molecular complexity index is 164. The number of hydrogen-bond acceptors (Lipinski definition) is 1. The van der Waals surface area contributed by atoms with E-state index in [0.717, 1.165) is 0 Å². The second kappa shape index (κ2) is 7.49. The third kappa shape index (κ3) is 4.58. The molecule has 0 rings (SSSR count). The molecule has 2 N–H and O–H groups in total. The number of hydrogen-bond donors (Lipinski definition) is 1. The highest BCUT2D eigenvalue weighted by atomic mass is 28.3. The van der Waals surface area contributed by atoms with E-state index < -0.39 is 8.24 Å². The molecule has 0 amide bonds. The molecule has 0 heterocycles. The van der Waals surface area contributed by atoms with Gasteiger partial charge in [0, 0.05) is 0 Å². The average Bonchev–Trinajstić information content (AvgIpc) is 2.20. The Hall–Kier alpha value is 0.177. The third-order valence-corrected chi connectivity index (χ3v) is 7.60. The van der Waals surface area contributed by atoms with Crippen molar-refractivity contribution in [3.05, 3.63) is 0 Å². The minimum absolute atomic E-state index is 0.508. The molecule has 0 saturated heterocycles. The standard InChI is InChI=1S/C14H33NSi/c1-6-9-12-14(11-8-3,13-10-7-2)16(4,5)15/h6-13,15H2,1-5H3. The Morgan fingerprint density at radius 1 is 0.812 bits per heavy atom. The van der Waals surface area contributed by atoms with Crippen molar-refractivity contribution in [1.82, 2.24) is 0 Å². The molecule has 0 bridgehead atoms. The van der Waals surface area contributed by atoms with Gasteiger partial charge in [-0.3, -0.25) is 0 Å². The summed E-state index contributed by atoms with van der Waals surface area (Å²) in [5, 5.41) is 7.13. The minimum atomic E-state index is -1.53. The van der Waals surface area contributed by atoms with E-state index in [9.17, 15) is 0 Å². The topological polar surface area (TPSA) is 26.0 Å². The first-order valence-electron chi connectivity index (χ1n) is 7.22. The molecule has 0 unspecified atom stereocenters. The van der Waals surface area contributed by atoms with E-state index in [1.165, 1.54) is 51.4 Å². The summed E-state index contributed by atoms with van der Waals surface area (Å²) in [6.07, 6.45) is 10.7. The second-order valence-electron chi connectivity index (χ2n) is 5.96. The molecule has 0 aliphatic heterocycles. The maximum atomic E-state index is 6.62. The quantitative estimate of drug-likeness (QED) is 0.562. The fraction of sp³-hybridized carbons (Fsp3) is 1.00. The van der Waals surface area contributed by atoms with Crippen molar-refractivity contribution in [3.63, 3.8) is 0 Å². The molecular formula is C14H33NSi. The van der Waals surface area contributed by atoms with Gasteiger partial charge < -0.3 is 5.40 Å². The van der Waals surface area contributed by atoms with Gasteiger partial charge in [0.05, 0.1) is 0 Å². The van der Waals surface area contributed by atoms with Crippen molar-refractivity contribution in [2.24, 2.45) is 5.40 Å². The second-order valence-corrected chi connectivity index (χ2v) is 10.5. The minimum Gasteiger partial charge on any atom is -0.351 e. The largest absolute Gasteiger partial charge is 0.351 e. The predicted octanol–water partition coefficient (Wildman–Crippen LogP) is 5.07. The molecule has 2 heteroatoms. The normalized spacial score (nSPS) is 13.1. The van der Waals surface area contributed by atoms with Gasteiger partial charge in [-0.2, -0.15) is 0 Å². The maximum absolute atomic E-state index is 6.62. The van der Waals surface area contributed by atoms with Crippen LogP contribution >= 0.6 is 0 Å². The van der Waals surface area contributed by atoms with Crippen molar-refractivity contribution in [2.45, 2.75) is 90.3 Å². The monoisotopic (exact) mass is 243 g/mol. The van der Waals surface area contributed by atoms with E-state index in [1.54, 1.807) is 0 Å². The van der Waals surface area contributed by atoms with Crippen LogP contribution in [0.15, 0.2) is 0 Å². The van der Waals surface area contributed by atoms with Gasteiger partial charge in [0.1, 0.15) is 8.24 Å². The average molecular weight is 244 g/mol. The molecule has 98 valence electrons. The zero-order valence-electron chi connectivity index (χ0n) is 12.2. The lowest BCUT2D eigenvalue weighted by atomic mass is 9.90. The fourth-order valence-corrected chi connectivity index (χ4v) is 5.39. The fourth-order valence-electron chi connectivity index (χ4n) is 2.85. The van der Waals surface area contributed by atoms with E-state index in [1.807, 2.05) is 0 Å². The molecule has 0 fully saturated rings. The lowest BCUT2D eigenvalue weighted by molar-refractivity contribution is 0.392. The van der Waals surface area contributed by atoms with Crippen molar-refractivity contribution >= 4 is 8.24 Å². The van der Waals surface area contributed by atoms with Gasteiger partial charge in [-0.15, -0.1) is 0 Å². The van der Waals surface area contributed by atoms with E-state index >= 15 is 0 Å². The Balaban J connectivity index is 4.74. The molecular weight excluding hydrogens is 210 g/mol. The molecule has 1 nitrogen and oxygen atoms in total. The van der Waals surface area contributed by atoms with Gasteiger partial charge in [0.25, 0.3) is 0 Å². The van der Waals surface area contributed by atoms with Crippen molar-refractivity contribution in [1.29, 1.82) is 0 Å². The predicted molar refractivity (Wildman–Crippen MR) is 78.3 cm³/mol. The molecule has 0 aromatic rings. The Morgan fingerprint density at radius 2 is 1.25 bits per heavy atom. The van der Waals surface area contributed by atoms with Crippen LogP contribution in [0.2, 0.25) is 18.1 Å². The summed E-state index contributed by atoms with van der Waals surface area (Å²) in [6, 6.07) is 0. The molecule has 0 aromatic carbocycles. The SMILES string of the molecule is CCCCC(CCC)(CCCC)[Si](C)(C)N. The van der Waals surface area contributed by atoms with E-state index in [2.05, 4.69) is 33.9 Å². The highest BCUT2D eigenvalue weighted by Gasteiger charge is 2.42.